The van der Waals surface area contributed by atoms with Gasteiger partial charge in [0.05, 0.1) is 12.1 Å². The van der Waals surface area contributed by atoms with Gasteiger partial charge in [-0.15, -0.1) is 0 Å². The Labute approximate surface area is 235 Å². The van der Waals surface area contributed by atoms with E-state index in [9.17, 15) is 0 Å². The third kappa shape index (κ3) is 2.75. The van der Waals surface area contributed by atoms with Crippen LogP contribution in [0.2, 0.25) is 0 Å². The summed E-state index contributed by atoms with van der Waals surface area (Å²) in [6.07, 6.45) is 20.4. The molecule has 0 spiro atoms. The SMILES string of the molecule is C1=CC2C3C=CC4=C5B(C6=C(C=CC7CC67)N(C2C=C1)C53)c1cc(-c2ccccc2)cc(-c2ccccc2)c1O4. The molecule has 1 saturated carbocycles. The van der Waals surface area contributed by atoms with E-state index in [4.69, 9.17) is 4.74 Å². The second kappa shape index (κ2) is 7.70. The molecule has 0 radical (unpaired) electrons. The van der Waals surface area contributed by atoms with Crippen LogP contribution in [0, 0.1) is 23.7 Å². The Balaban J connectivity index is 1.27. The van der Waals surface area contributed by atoms with Crippen molar-refractivity contribution in [2.75, 3.05) is 0 Å². The smallest absolute Gasteiger partial charge is 0.247 e. The largest absolute Gasteiger partial charge is 0.458 e. The predicted molar refractivity (Wildman–Crippen MR) is 162 cm³/mol. The third-order valence-electron chi connectivity index (χ3n) is 10.4. The number of allylic oxidation sites excluding steroid dienone is 6. The van der Waals surface area contributed by atoms with Gasteiger partial charge in [-0.2, -0.15) is 0 Å². The number of hydrogen-bond acceptors (Lipinski definition) is 2. The fourth-order valence-corrected chi connectivity index (χ4v) is 8.68. The molecule has 0 N–H and O–H groups in total. The Morgan fingerprint density at radius 2 is 1.52 bits per heavy atom. The lowest BCUT2D eigenvalue weighted by Gasteiger charge is -2.48. The van der Waals surface area contributed by atoms with Gasteiger partial charge < -0.3 is 9.64 Å². The van der Waals surface area contributed by atoms with Crippen molar-refractivity contribution in [2.45, 2.75) is 18.5 Å². The van der Waals surface area contributed by atoms with Gasteiger partial charge in [0.25, 0.3) is 0 Å². The van der Waals surface area contributed by atoms with Crippen LogP contribution < -0.4 is 10.2 Å². The topological polar surface area (TPSA) is 12.5 Å². The van der Waals surface area contributed by atoms with Gasteiger partial charge in [0.1, 0.15) is 11.5 Å². The Bertz CT molecular complexity index is 1790. The van der Waals surface area contributed by atoms with Gasteiger partial charge in [0, 0.05) is 23.1 Å². The van der Waals surface area contributed by atoms with E-state index in [1.807, 2.05) is 0 Å². The molecule has 0 aromatic heterocycles. The maximum Gasteiger partial charge on any atom is 0.247 e. The van der Waals surface area contributed by atoms with Crippen molar-refractivity contribution in [3.63, 3.8) is 0 Å². The summed E-state index contributed by atoms with van der Waals surface area (Å²) in [4.78, 5) is 2.78. The number of benzene rings is 3. The summed E-state index contributed by atoms with van der Waals surface area (Å²) in [5.41, 5.74) is 10.9. The summed E-state index contributed by atoms with van der Waals surface area (Å²) in [6.45, 7) is 0.265. The second-order valence-corrected chi connectivity index (χ2v) is 12.4. The lowest BCUT2D eigenvalue weighted by Crippen LogP contribution is -2.56. The maximum atomic E-state index is 7.04. The van der Waals surface area contributed by atoms with Crippen molar-refractivity contribution in [2.24, 2.45) is 23.7 Å². The van der Waals surface area contributed by atoms with Gasteiger partial charge in [-0.25, -0.2) is 0 Å². The number of fused-ring (bicyclic) bond motifs is 9. The van der Waals surface area contributed by atoms with Crippen LogP contribution in [-0.2, 0) is 0 Å². The molecule has 190 valence electrons. The minimum atomic E-state index is 0.265. The normalized spacial score (nSPS) is 30.9. The number of rotatable bonds is 2. The monoisotopic (exact) mass is 513 g/mol. The summed E-state index contributed by atoms with van der Waals surface area (Å²) < 4.78 is 7.04. The first-order chi connectivity index (χ1) is 19.8. The third-order valence-corrected chi connectivity index (χ3v) is 10.4. The molecule has 7 aliphatic rings. The lowest BCUT2D eigenvalue weighted by atomic mass is 9.30. The first-order valence-electron chi connectivity index (χ1n) is 14.8. The van der Waals surface area contributed by atoms with Crippen LogP contribution in [0.5, 0.6) is 5.75 Å². The molecule has 6 unspecified atom stereocenters. The van der Waals surface area contributed by atoms with E-state index in [1.54, 1.807) is 5.47 Å². The zero-order valence-corrected chi connectivity index (χ0v) is 22.2. The molecule has 0 bridgehead atoms. The quantitative estimate of drug-likeness (QED) is 0.346. The molecule has 3 heteroatoms. The number of hydrogen-bond donors (Lipinski definition) is 0. The average molecular weight is 513 g/mol. The minimum absolute atomic E-state index is 0.265. The van der Waals surface area contributed by atoms with Crippen LogP contribution in [0.25, 0.3) is 22.3 Å². The molecule has 3 aromatic carbocycles. The zero-order chi connectivity index (χ0) is 25.9. The van der Waals surface area contributed by atoms with Crippen LogP contribution in [-0.4, -0.2) is 23.7 Å². The summed E-state index contributed by atoms with van der Waals surface area (Å²) in [5, 5.41) is 0. The Kier molecular flexibility index (Phi) is 4.15. The van der Waals surface area contributed by atoms with E-state index in [0.29, 0.717) is 35.8 Å². The van der Waals surface area contributed by atoms with Crippen molar-refractivity contribution in [3.05, 3.63) is 144 Å². The molecule has 2 fully saturated rings. The summed E-state index contributed by atoms with van der Waals surface area (Å²) in [5.74, 6) is 4.40. The van der Waals surface area contributed by atoms with Gasteiger partial charge in [0.2, 0.25) is 6.71 Å². The summed E-state index contributed by atoms with van der Waals surface area (Å²) in [7, 11) is 0. The molecule has 6 atom stereocenters. The highest BCUT2D eigenvalue weighted by Crippen LogP contribution is 2.59. The van der Waals surface area contributed by atoms with E-state index >= 15 is 0 Å². The van der Waals surface area contributed by atoms with Crippen LogP contribution in [0.15, 0.2) is 144 Å². The van der Waals surface area contributed by atoms with Gasteiger partial charge in [-0.3, -0.25) is 0 Å². The van der Waals surface area contributed by atoms with Crippen LogP contribution in [0.3, 0.4) is 0 Å². The van der Waals surface area contributed by atoms with Gasteiger partial charge in [-0.05, 0) is 64.1 Å². The number of nitrogens with zero attached hydrogens (tertiary/aromatic N) is 1. The lowest BCUT2D eigenvalue weighted by molar-refractivity contribution is 0.289. The maximum absolute atomic E-state index is 7.04. The average Bonchev–Trinajstić information content (AvgIpc) is 3.74. The Morgan fingerprint density at radius 1 is 0.725 bits per heavy atom. The highest BCUT2D eigenvalue weighted by molar-refractivity contribution is 6.88. The molecule has 3 heterocycles. The molecule has 10 rings (SSSR count). The van der Waals surface area contributed by atoms with Gasteiger partial charge in [-0.1, -0.05) is 109 Å². The molecule has 3 aliphatic heterocycles. The Morgan fingerprint density at radius 3 is 2.38 bits per heavy atom. The van der Waals surface area contributed by atoms with Crippen molar-refractivity contribution in [1.29, 1.82) is 0 Å². The van der Waals surface area contributed by atoms with E-state index in [2.05, 4.69) is 126 Å². The number of ether oxygens (including phenoxy) is 1. The Hall–Kier alpha value is -4.24. The summed E-state index contributed by atoms with van der Waals surface area (Å²) >= 11 is 0. The van der Waals surface area contributed by atoms with Crippen molar-refractivity contribution in [3.8, 4) is 28.0 Å². The summed E-state index contributed by atoms with van der Waals surface area (Å²) in [6, 6.07) is 27.2. The van der Waals surface area contributed by atoms with Crippen LogP contribution in [0.4, 0.5) is 0 Å². The first kappa shape index (κ1) is 21.6. The van der Waals surface area contributed by atoms with E-state index in [-0.39, 0.29) is 6.71 Å². The van der Waals surface area contributed by atoms with Crippen LogP contribution in [0.1, 0.15) is 6.42 Å². The zero-order valence-electron chi connectivity index (χ0n) is 22.2. The van der Waals surface area contributed by atoms with Crippen molar-refractivity contribution >= 4 is 12.2 Å². The van der Waals surface area contributed by atoms with Crippen LogP contribution >= 0.6 is 0 Å². The van der Waals surface area contributed by atoms with Crippen molar-refractivity contribution in [1.82, 2.24) is 4.90 Å². The van der Waals surface area contributed by atoms with E-state index < -0.39 is 0 Å². The molecule has 2 nitrogen and oxygen atoms in total. The molecule has 1 saturated heterocycles. The predicted octanol–water partition coefficient (Wildman–Crippen LogP) is 6.90. The second-order valence-electron chi connectivity index (χ2n) is 12.4. The highest BCUT2D eigenvalue weighted by atomic mass is 16.5. The molecular weight excluding hydrogens is 485 g/mol. The fourth-order valence-electron chi connectivity index (χ4n) is 8.68. The van der Waals surface area contributed by atoms with Crippen molar-refractivity contribution < 1.29 is 4.74 Å². The first-order valence-corrected chi connectivity index (χ1v) is 14.8. The van der Waals surface area contributed by atoms with E-state index in [0.717, 1.165) is 11.5 Å². The molecule has 40 heavy (non-hydrogen) atoms. The van der Waals surface area contributed by atoms with E-state index in [1.165, 1.54) is 45.3 Å². The molecule has 0 amide bonds. The van der Waals surface area contributed by atoms with Gasteiger partial charge in [0.15, 0.2) is 0 Å². The standard InChI is InChI=1S/C37H28BNO/c1-3-9-22(10-4-1)25-20-29(23-11-5-2-6-12-23)37-30(21-25)38-34-28-19-24(28)15-17-32(34)39-31-14-8-7-13-26(31)27-16-18-33(40-37)35(38)36(27)39/h1-18,20-21,24,26-28,31,36H,19H2. The molecule has 4 aliphatic carbocycles. The highest BCUT2D eigenvalue weighted by Gasteiger charge is 2.60. The molecular formula is C37H28BNO. The minimum Gasteiger partial charge on any atom is -0.458 e. The van der Waals surface area contributed by atoms with Gasteiger partial charge >= 0.3 is 0 Å². The fraction of sp³-hybridized carbons (Fsp3) is 0.189. The molecule has 3 aromatic rings.